The van der Waals surface area contributed by atoms with Crippen molar-refractivity contribution in [1.82, 2.24) is 15.5 Å². The Morgan fingerprint density at radius 3 is 2.52 bits per heavy atom. The normalized spacial score (nSPS) is 11.0. The Balaban J connectivity index is 1.77. The maximum atomic E-state index is 11.7. The van der Waals surface area contributed by atoms with Crippen LogP contribution >= 0.6 is 0 Å². The second-order valence-electron chi connectivity index (χ2n) is 7.92. The van der Waals surface area contributed by atoms with Crippen LogP contribution in [0.4, 0.5) is 11.5 Å². The summed E-state index contributed by atoms with van der Waals surface area (Å²) in [5.74, 6) is 1.86. The topological polar surface area (TPSA) is 110 Å². The number of carbonyl (C=O) groups is 2. The lowest BCUT2D eigenvalue weighted by Gasteiger charge is -2.20. The molecule has 162 valence electrons. The van der Waals surface area contributed by atoms with E-state index >= 15 is 0 Å². The van der Waals surface area contributed by atoms with Gasteiger partial charge in [0.25, 0.3) is 5.91 Å². The SMILES string of the molecule is CNC(=O)c1cc(Oc2ccc(N(C=O)Nc3cc(C(C)(C)C)on3)c(C)c2)ccn1. The number of anilines is 2. The van der Waals surface area contributed by atoms with Crippen molar-refractivity contribution in [2.45, 2.75) is 33.1 Å². The lowest BCUT2D eigenvalue weighted by Crippen LogP contribution is -2.28. The van der Waals surface area contributed by atoms with Crippen molar-refractivity contribution in [2.75, 3.05) is 17.5 Å². The standard InChI is InChI=1S/C22H25N5O4/c1-14-10-15(30-16-8-9-24-17(11-16)21(29)23-5)6-7-18(14)27(13-28)25-20-12-19(31-26-20)22(2,3)4/h6-13H,1-5H3,(H,23,29)(H,25,26). The Morgan fingerprint density at radius 2 is 1.90 bits per heavy atom. The Kier molecular flexibility index (Phi) is 6.24. The number of pyridine rings is 1. The lowest BCUT2D eigenvalue weighted by molar-refractivity contribution is -0.107. The first kappa shape index (κ1) is 21.8. The Morgan fingerprint density at radius 1 is 1.16 bits per heavy atom. The van der Waals surface area contributed by atoms with Crippen LogP contribution in [0.1, 0.15) is 42.6 Å². The summed E-state index contributed by atoms with van der Waals surface area (Å²) in [6.07, 6.45) is 2.16. The molecule has 9 heteroatoms. The summed E-state index contributed by atoms with van der Waals surface area (Å²) < 4.78 is 11.2. The number of hydrazine groups is 1. The van der Waals surface area contributed by atoms with Gasteiger partial charge in [0.05, 0.1) is 5.69 Å². The average molecular weight is 423 g/mol. The van der Waals surface area contributed by atoms with E-state index in [2.05, 4.69) is 20.9 Å². The molecule has 2 heterocycles. The third-order valence-corrected chi connectivity index (χ3v) is 4.44. The summed E-state index contributed by atoms with van der Waals surface area (Å²) in [5.41, 5.74) is 4.42. The van der Waals surface area contributed by atoms with E-state index in [-0.39, 0.29) is 17.0 Å². The molecule has 0 aliphatic heterocycles. The number of carbonyl (C=O) groups excluding carboxylic acids is 2. The van der Waals surface area contributed by atoms with Crippen molar-refractivity contribution in [3.05, 3.63) is 59.6 Å². The van der Waals surface area contributed by atoms with Crippen LogP contribution in [0.2, 0.25) is 0 Å². The fourth-order valence-electron chi connectivity index (χ4n) is 2.77. The number of hydrogen-bond donors (Lipinski definition) is 2. The minimum absolute atomic E-state index is 0.196. The predicted octanol–water partition coefficient (Wildman–Crippen LogP) is 3.82. The molecule has 0 unspecified atom stereocenters. The number of nitrogens with zero attached hydrogens (tertiary/aromatic N) is 3. The third-order valence-electron chi connectivity index (χ3n) is 4.44. The fraction of sp³-hybridized carbons (Fsp3) is 0.273. The minimum Gasteiger partial charge on any atom is -0.457 e. The molecule has 0 fully saturated rings. The predicted molar refractivity (Wildman–Crippen MR) is 116 cm³/mol. The summed E-state index contributed by atoms with van der Waals surface area (Å²) in [7, 11) is 1.54. The first-order valence-electron chi connectivity index (χ1n) is 9.66. The zero-order valence-corrected chi connectivity index (χ0v) is 18.1. The van der Waals surface area contributed by atoms with E-state index in [0.29, 0.717) is 35.2 Å². The Bertz CT molecular complexity index is 1090. The van der Waals surface area contributed by atoms with Crippen molar-refractivity contribution < 1.29 is 18.8 Å². The van der Waals surface area contributed by atoms with Gasteiger partial charge >= 0.3 is 0 Å². The number of amides is 2. The molecular weight excluding hydrogens is 398 g/mol. The molecule has 3 aromatic rings. The van der Waals surface area contributed by atoms with Crippen LogP contribution in [0.5, 0.6) is 11.5 Å². The molecule has 0 atom stereocenters. The lowest BCUT2D eigenvalue weighted by atomic mass is 9.93. The van der Waals surface area contributed by atoms with Gasteiger partial charge in [-0.2, -0.15) is 0 Å². The van der Waals surface area contributed by atoms with Crippen LogP contribution in [-0.4, -0.2) is 29.5 Å². The van der Waals surface area contributed by atoms with Crippen molar-refractivity contribution in [1.29, 1.82) is 0 Å². The number of hydrogen-bond acceptors (Lipinski definition) is 7. The molecule has 2 aromatic heterocycles. The van der Waals surface area contributed by atoms with E-state index in [1.165, 1.54) is 18.3 Å². The molecule has 0 spiro atoms. The average Bonchev–Trinajstić information content (AvgIpc) is 3.21. The van der Waals surface area contributed by atoms with Gasteiger partial charge in [-0.15, -0.1) is 0 Å². The Labute approximate surface area is 180 Å². The molecule has 3 rings (SSSR count). The van der Waals surface area contributed by atoms with Gasteiger partial charge in [0, 0.05) is 30.8 Å². The maximum Gasteiger partial charge on any atom is 0.269 e. The highest BCUT2D eigenvalue weighted by Crippen LogP contribution is 2.29. The zero-order chi connectivity index (χ0) is 22.6. The van der Waals surface area contributed by atoms with Gasteiger partial charge in [0.2, 0.25) is 6.41 Å². The molecule has 0 radical (unpaired) electrons. The number of rotatable bonds is 7. The van der Waals surface area contributed by atoms with Crippen molar-refractivity contribution >= 4 is 23.8 Å². The molecule has 0 bridgehead atoms. The van der Waals surface area contributed by atoms with Gasteiger partial charge in [0.1, 0.15) is 23.0 Å². The number of ether oxygens (including phenoxy) is 1. The monoisotopic (exact) mass is 423 g/mol. The highest BCUT2D eigenvalue weighted by molar-refractivity contribution is 5.92. The van der Waals surface area contributed by atoms with Crippen LogP contribution in [-0.2, 0) is 10.2 Å². The van der Waals surface area contributed by atoms with Crippen molar-refractivity contribution in [3.8, 4) is 11.5 Å². The molecule has 2 N–H and O–H groups in total. The molecule has 0 saturated carbocycles. The molecular formula is C22H25N5O4. The van der Waals surface area contributed by atoms with Crippen LogP contribution in [0.25, 0.3) is 0 Å². The highest BCUT2D eigenvalue weighted by atomic mass is 16.5. The van der Waals surface area contributed by atoms with Crippen LogP contribution in [0, 0.1) is 6.92 Å². The van der Waals surface area contributed by atoms with E-state index in [4.69, 9.17) is 9.26 Å². The fourth-order valence-corrected chi connectivity index (χ4v) is 2.77. The third kappa shape index (κ3) is 5.19. The summed E-state index contributed by atoms with van der Waals surface area (Å²) in [6, 6.07) is 10.2. The molecule has 0 saturated heterocycles. The molecule has 0 aliphatic rings. The second kappa shape index (κ2) is 8.86. The number of aryl methyl sites for hydroxylation is 1. The van der Waals surface area contributed by atoms with Gasteiger partial charge in [0.15, 0.2) is 5.82 Å². The van der Waals surface area contributed by atoms with Crippen LogP contribution < -0.4 is 20.5 Å². The second-order valence-corrected chi connectivity index (χ2v) is 7.92. The van der Waals surface area contributed by atoms with Crippen LogP contribution in [0.15, 0.2) is 47.1 Å². The smallest absolute Gasteiger partial charge is 0.269 e. The molecule has 9 nitrogen and oxygen atoms in total. The summed E-state index contributed by atoms with van der Waals surface area (Å²) in [5, 5.41) is 7.82. The van der Waals surface area contributed by atoms with Crippen molar-refractivity contribution in [3.63, 3.8) is 0 Å². The first-order valence-corrected chi connectivity index (χ1v) is 9.66. The first-order chi connectivity index (χ1) is 14.7. The summed E-state index contributed by atoms with van der Waals surface area (Å²) >= 11 is 0. The highest BCUT2D eigenvalue weighted by Gasteiger charge is 2.21. The van der Waals surface area contributed by atoms with Crippen LogP contribution in [0.3, 0.4) is 0 Å². The number of nitrogens with one attached hydrogen (secondary N) is 2. The minimum atomic E-state index is -0.299. The molecule has 31 heavy (non-hydrogen) atoms. The van der Waals surface area contributed by atoms with E-state index in [1.54, 1.807) is 36.4 Å². The zero-order valence-electron chi connectivity index (χ0n) is 18.1. The van der Waals surface area contributed by atoms with Gasteiger partial charge in [-0.25, -0.2) is 5.01 Å². The van der Waals surface area contributed by atoms with E-state index in [1.807, 2.05) is 27.7 Å². The summed E-state index contributed by atoms with van der Waals surface area (Å²) in [4.78, 5) is 27.5. The van der Waals surface area contributed by atoms with Gasteiger partial charge in [-0.1, -0.05) is 25.9 Å². The van der Waals surface area contributed by atoms with E-state index in [0.717, 1.165) is 5.56 Å². The van der Waals surface area contributed by atoms with Crippen molar-refractivity contribution in [2.24, 2.45) is 0 Å². The number of benzene rings is 1. The van der Waals surface area contributed by atoms with Gasteiger partial charge in [-0.3, -0.25) is 20.0 Å². The van der Waals surface area contributed by atoms with E-state index < -0.39 is 0 Å². The van der Waals surface area contributed by atoms with Gasteiger partial charge < -0.3 is 14.6 Å². The van der Waals surface area contributed by atoms with E-state index in [9.17, 15) is 9.59 Å². The molecule has 1 aromatic carbocycles. The maximum absolute atomic E-state index is 11.7. The largest absolute Gasteiger partial charge is 0.457 e. The summed E-state index contributed by atoms with van der Waals surface area (Å²) in [6.45, 7) is 7.89. The molecule has 0 aliphatic carbocycles. The Hall–Kier alpha value is -3.88. The number of aromatic nitrogens is 2. The van der Waals surface area contributed by atoms with Gasteiger partial charge in [-0.05, 0) is 36.8 Å². The quantitative estimate of drug-likeness (QED) is 0.439. The molecule has 2 amide bonds.